The Balaban J connectivity index is 2.08. The van der Waals surface area contributed by atoms with Gasteiger partial charge >= 0.3 is 0 Å². The molecule has 0 unspecified atom stereocenters. The van der Waals surface area contributed by atoms with Gasteiger partial charge in [0.25, 0.3) is 0 Å². The van der Waals surface area contributed by atoms with Crippen LogP contribution in [0.15, 0.2) is 41.3 Å². The van der Waals surface area contributed by atoms with Gasteiger partial charge in [-0.2, -0.15) is 4.58 Å². The highest BCUT2D eigenvalue weighted by Gasteiger charge is 2.20. The van der Waals surface area contributed by atoms with Gasteiger partial charge in [-0.05, 0) is 24.6 Å². The molecule has 1 aliphatic heterocycles. The molecule has 96 valence electrons. The van der Waals surface area contributed by atoms with Crippen LogP contribution in [0.4, 0.5) is 5.69 Å². The number of aryl methyl sites for hydroxylation is 1. The average Bonchev–Trinajstić information content (AvgIpc) is 2.37. The van der Waals surface area contributed by atoms with E-state index in [4.69, 9.17) is 23.2 Å². The minimum Gasteiger partial charge on any atom is -0.188 e. The van der Waals surface area contributed by atoms with Crippen LogP contribution in [0.1, 0.15) is 11.1 Å². The van der Waals surface area contributed by atoms with E-state index in [1.807, 2.05) is 23.9 Å². The second-order valence-electron chi connectivity index (χ2n) is 4.49. The van der Waals surface area contributed by atoms with E-state index in [-0.39, 0.29) is 0 Å². The first-order chi connectivity index (χ1) is 9.13. The fourth-order valence-electron chi connectivity index (χ4n) is 2.17. The van der Waals surface area contributed by atoms with Crippen molar-refractivity contribution in [2.75, 3.05) is 5.88 Å². The first-order valence-corrected chi connectivity index (χ1v) is 7.68. The minimum absolute atomic E-state index is 0.663. The van der Waals surface area contributed by atoms with Gasteiger partial charge in [-0.15, -0.1) is 0 Å². The lowest BCUT2D eigenvalue weighted by Crippen LogP contribution is -2.13. The summed E-state index contributed by atoms with van der Waals surface area (Å²) < 4.78 is 2.17. The van der Waals surface area contributed by atoms with Crippen molar-refractivity contribution in [2.45, 2.75) is 11.8 Å². The molecule has 0 saturated carbocycles. The van der Waals surface area contributed by atoms with Crippen molar-refractivity contribution >= 4 is 46.9 Å². The van der Waals surface area contributed by atoms with Crippen LogP contribution in [-0.2, 0) is 0 Å². The first kappa shape index (κ1) is 13.0. The fraction of sp³-hybridized carbons (Fsp3) is 0.133. The topological polar surface area (TPSA) is 3.01 Å². The predicted molar refractivity (Wildman–Crippen MR) is 83.5 cm³/mol. The van der Waals surface area contributed by atoms with Gasteiger partial charge in [-0.1, -0.05) is 47.1 Å². The molecule has 0 saturated heterocycles. The van der Waals surface area contributed by atoms with Crippen LogP contribution in [0.25, 0.3) is 0 Å². The van der Waals surface area contributed by atoms with Gasteiger partial charge in [-0.3, -0.25) is 0 Å². The smallest absolute Gasteiger partial charge is 0.188 e. The molecule has 1 heterocycles. The third kappa shape index (κ3) is 2.66. The van der Waals surface area contributed by atoms with E-state index in [0.29, 0.717) is 10.0 Å². The third-order valence-corrected chi connectivity index (χ3v) is 4.75. The minimum atomic E-state index is 0.663. The molecule has 19 heavy (non-hydrogen) atoms. The van der Waals surface area contributed by atoms with Crippen LogP contribution >= 0.6 is 35.0 Å². The summed E-state index contributed by atoms with van der Waals surface area (Å²) in [6.07, 6.45) is 2.15. The standard InChI is InChI=1S/C15H12Cl2NS/c1-10-3-2-4-11-8-18(9-19-15(10)11)14-6-12(16)5-13(17)7-14/h2-8H,9H2,1H3/q+1. The van der Waals surface area contributed by atoms with Gasteiger partial charge in [0, 0.05) is 27.1 Å². The van der Waals surface area contributed by atoms with Crippen molar-refractivity contribution in [1.82, 2.24) is 0 Å². The van der Waals surface area contributed by atoms with Crippen molar-refractivity contribution < 1.29 is 4.58 Å². The summed E-state index contributed by atoms with van der Waals surface area (Å²) in [4.78, 5) is 1.35. The highest BCUT2D eigenvalue weighted by molar-refractivity contribution is 7.99. The Labute approximate surface area is 126 Å². The Bertz CT molecular complexity index is 660. The molecule has 0 aromatic heterocycles. The van der Waals surface area contributed by atoms with Crippen LogP contribution in [0.3, 0.4) is 0 Å². The molecule has 1 aliphatic rings. The second kappa shape index (κ2) is 5.20. The van der Waals surface area contributed by atoms with Gasteiger partial charge in [0.15, 0.2) is 12.1 Å². The molecule has 0 aliphatic carbocycles. The number of hydrogen-bond acceptors (Lipinski definition) is 1. The summed E-state index contributed by atoms with van der Waals surface area (Å²) in [5.74, 6) is 0.870. The molecule has 0 bridgehead atoms. The summed E-state index contributed by atoms with van der Waals surface area (Å²) in [7, 11) is 0. The molecular formula is C15H12Cl2NS+. The van der Waals surface area contributed by atoms with Crippen LogP contribution < -0.4 is 0 Å². The summed E-state index contributed by atoms with van der Waals surface area (Å²) in [6.45, 7) is 2.14. The zero-order valence-electron chi connectivity index (χ0n) is 10.4. The van der Waals surface area contributed by atoms with E-state index >= 15 is 0 Å². The van der Waals surface area contributed by atoms with Crippen molar-refractivity contribution in [2.24, 2.45) is 0 Å². The van der Waals surface area contributed by atoms with Gasteiger partial charge in [0.1, 0.15) is 0 Å². The molecule has 2 aromatic carbocycles. The van der Waals surface area contributed by atoms with Crippen molar-refractivity contribution in [3.8, 4) is 0 Å². The van der Waals surface area contributed by atoms with Crippen LogP contribution in [0, 0.1) is 6.92 Å². The van der Waals surface area contributed by atoms with Crippen molar-refractivity contribution in [3.05, 3.63) is 57.6 Å². The molecule has 0 spiro atoms. The molecule has 2 aromatic rings. The second-order valence-corrected chi connectivity index (χ2v) is 6.32. The van der Waals surface area contributed by atoms with Gasteiger partial charge in [-0.25, -0.2) is 0 Å². The van der Waals surface area contributed by atoms with E-state index in [1.165, 1.54) is 16.0 Å². The molecule has 3 rings (SSSR count). The van der Waals surface area contributed by atoms with E-state index in [0.717, 1.165) is 11.6 Å². The number of halogens is 2. The lowest BCUT2D eigenvalue weighted by atomic mass is 10.1. The molecule has 0 radical (unpaired) electrons. The summed E-state index contributed by atoms with van der Waals surface area (Å²) in [6, 6.07) is 12.0. The number of hydrogen-bond donors (Lipinski definition) is 0. The number of benzene rings is 2. The Kier molecular flexibility index (Phi) is 3.57. The van der Waals surface area contributed by atoms with Crippen LogP contribution in [0.5, 0.6) is 0 Å². The molecule has 1 nitrogen and oxygen atoms in total. The average molecular weight is 309 g/mol. The van der Waals surface area contributed by atoms with E-state index in [1.54, 1.807) is 6.07 Å². The summed E-state index contributed by atoms with van der Waals surface area (Å²) in [5.41, 5.74) is 3.59. The lowest BCUT2D eigenvalue weighted by molar-refractivity contribution is -0.411. The maximum atomic E-state index is 6.06. The molecule has 0 atom stereocenters. The normalized spacial score (nSPS) is 13.9. The van der Waals surface area contributed by atoms with Gasteiger partial charge in [0.05, 0.1) is 5.56 Å². The lowest BCUT2D eigenvalue weighted by Gasteiger charge is -2.13. The number of fused-ring (bicyclic) bond motifs is 1. The van der Waals surface area contributed by atoms with E-state index < -0.39 is 0 Å². The Morgan fingerprint density at radius 3 is 2.58 bits per heavy atom. The zero-order chi connectivity index (χ0) is 13.4. The highest BCUT2D eigenvalue weighted by atomic mass is 35.5. The summed E-state index contributed by atoms with van der Waals surface area (Å²) >= 11 is 14.0. The molecule has 0 N–H and O–H groups in total. The predicted octanol–water partition coefficient (Wildman–Crippen LogP) is 5.13. The number of nitrogens with zero attached hydrogens (tertiary/aromatic N) is 1. The molecule has 0 amide bonds. The van der Waals surface area contributed by atoms with Crippen LogP contribution in [0.2, 0.25) is 10.0 Å². The Hall–Kier alpha value is -0.960. The molecule has 0 fully saturated rings. The summed E-state index contributed by atoms with van der Waals surface area (Å²) in [5, 5.41) is 1.33. The molecule has 4 heteroatoms. The maximum absolute atomic E-state index is 6.06. The highest BCUT2D eigenvalue weighted by Crippen LogP contribution is 2.32. The Morgan fingerprint density at radius 1 is 1.11 bits per heavy atom. The quantitative estimate of drug-likeness (QED) is 0.660. The van der Waals surface area contributed by atoms with E-state index in [2.05, 4.69) is 35.9 Å². The fourth-order valence-corrected chi connectivity index (χ4v) is 3.76. The van der Waals surface area contributed by atoms with Crippen molar-refractivity contribution in [3.63, 3.8) is 0 Å². The van der Waals surface area contributed by atoms with E-state index in [9.17, 15) is 0 Å². The number of thioether (sulfide) groups is 1. The Morgan fingerprint density at radius 2 is 1.84 bits per heavy atom. The van der Waals surface area contributed by atoms with Gasteiger partial charge < -0.3 is 0 Å². The third-order valence-electron chi connectivity index (χ3n) is 3.06. The number of rotatable bonds is 1. The monoisotopic (exact) mass is 308 g/mol. The largest absolute Gasteiger partial charge is 0.208 e. The zero-order valence-corrected chi connectivity index (χ0v) is 12.7. The molecular weight excluding hydrogens is 297 g/mol. The van der Waals surface area contributed by atoms with Crippen molar-refractivity contribution in [1.29, 1.82) is 0 Å². The maximum Gasteiger partial charge on any atom is 0.208 e. The van der Waals surface area contributed by atoms with Crippen LogP contribution in [-0.4, -0.2) is 16.7 Å². The van der Waals surface area contributed by atoms with Gasteiger partial charge in [0.2, 0.25) is 5.69 Å². The first-order valence-electron chi connectivity index (χ1n) is 5.93. The SMILES string of the molecule is Cc1cccc2c1SC[N+](c1cc(Cl)cc(Cl)c1)=C2.